The van der Waals surface area contributed by atoms with Crippen molar-refractivity contribution in [1.29, 1.82) is 0 Å². The summed E-state index contributed by atoms with van der Waals surface area (Å²) in [4.78, 5) is 0. The third-order valence-electron chi connectivity index (χ3n) is 2.79. The quantitative estimate of drug-likeness (QED) is 0.823. The van der Waals surface area contributed by atoms with Crippen LogP contribution in [0.25, 0.3) is 0 Å². The summed E-state index contributed by atoms with van der Waals surface area (Å²) in [7, 11) is 0. The summed E-state index contributed by atoms with van der Waals surface area (Å²) in [5.41, 5.74) is 2.41. The molecule has 3 heteroatoms. The van der Waals surface area contributed by atoms with E-state index >= 15 is 0 Å². The molecule has 0 saturated heterocycles. The van der Waals surface area contributed by atoms with Gasteiger partial charge in [0, 0.05) is 18.3 Å². The summed E-state index contributed by atoms with van der Waals surface area (Å²) >= 11 is 0. The maximum absolute atomic E-state index is 3.96. The van der Waals surface area contributed by atoms with Crippen LogP contribution in [-0.4, -0.2) is 10.2 Å². The lowest BCUT2D eigenvalue weighted by Crippen LogP contribution is -2.22. The van der Waals surface area contributed by atoms with E-state index in [1.54, 1.807) is 6.20 Å². The van der Waals surface area contributed by atoms with Gasteiger partial charge in [-0.2, -0.15) is 5.10 Å². The zero-order valence-electron chi connectivity index (χ0n) is 9.64. The van der Waals surface area contributed by atoms with Crippen molar-refractivity contribution < 1.29 is 0 Å². The predicted molar refractivity (Wildman–Crippen MR) is 65.0 cm³/mol. The molecule has 1 heterocycles. The van der Waals surface area contributed by atoms with E-state index in [4.69, 9.17) is 0 Å². The zero-order chi connectivity index (χ0) is 11.4. The lowest BCUT2D eigenvalue weighted by Gasteiger charge is -2.19. The molecular weight excluding hydrogens is 198 g/mol. The Morgan fingerprint density at radius 2 is 1.81 bits per heavy atom. The van der Waals surface area contributed by atoms with Gasteiger partial charge in [0.25, 0.3) is 0 Å². The summed E-state index contributed by atoms with van der Waals surface area (Å²) in [6.45, 7) is 4.30. The highest BCUT2D eigenvalue weighted by Gasteiger charge is 2.11. The number of hydrogen-bond donors (Lipinski definition) is 2. The molecule has 0 aliphatic heterocycles. The molecule has 2 aromatic rings. The topological polar surface area (TPSA) is 40.7 Å². The zero-order valence-corrected chi connectivity index (χ0v) is 9.64. The fourth-order valence-electron chi connectivity index (χ4n) is 1.81. The number of benzene rings is 1. The molecule has 1 aromatic carbocycles. The minimum Gasteiger partial charge on any atom is -0.302 e. The average molecular weight is 215 g/mol. The third-order valence-corrected chi connectivity index (χ3v) is 2.79. The van der Waals surface area contributed by atoms with E-state index < -0.39 is 0 Å². The van der Waals surface area contributed by atoms with E-state index in [0.29, 0.717) is 6.04 Å². The number of nitrogens with one attached hydrogen (secondary N) is 2. The molecule has 84 valence electrons. The molecule has 2 rings (SSSR count). The maximum atomic E-state index is 3.96. The van der Waals surface area contributed by atoms with Crippen LogP contribution in [0.3, 0.4) is 0 Å². The summed E-state index contributed by atoms with van der Waals surface area (Å²) < 4.78 is 0. The Labute approximate surface area is 95.9 Å². The van der Waals surface area contributed by atoms with Crippen molar-refractivity contribution in [3.63, 3.8) is 0 Å². The monoisotopic (exact) mass is 215 g/mol. The van der Waals surface area contributed by atoms with Gasteiger partial charge in [-0.05, 0) is 25.5 Å². The first kappa shape index (κ1) is 10.9. The average Bonchev–Trinajstić information content (AvgIpc) is 2.83. The summed E-state index contributed by atoms with van der Waals surface area (Å²) in [5, 5.41) is 10.5. The number of aromatic nitrogens is 2. The van der Waals surface area contributed by atoms with Gasteiger partial charge >= 0.3 is 0 Å². The Bertz CT molecular complexity index is 408. The van der Waals surface area contributed by atoms with Crippen LogP contribution in [-0.2, 0) is 0 Å². The van der Waals surface area contributed by atoms with E-state index in [9.17, 15) is 0 Å². The Morgan fingerprint density at radius 1 is 1.06 bits per heavy atom. The second-order valence-corrected chi connectivity index (χ2v) is 4.03. The van der Waals surface area contributed by atoms with E-state index in [1.165, 1.54) is 5.56 Å². The largest absolute Gasteiger partial charge is 0.302 e. The Morgan fingerprint density at radius 3 is 2.44 bits per heavy atom. The van der Waals surface area contributed by atoms with Crippen LogP contribution in [0.2, 0.25) is 0 Å². The highest BCUT2D eigenvalue weighted by Crippen LogP contribution is 2.17. The first-order valence-corrected chi connectivity index (χ1v) is 5.57. The Kier molecular flexibility index (Phi) is 3.37. The predicted octanol–water partition coefficient (Wildman–Crippen LogP) is 2.82. The maximum Gasteiger partial charge on any atom is 0.0518 e. The van der Waals surface area contributed by atoms with E-state index in [-0.39, 0.29) is 6.04 Å². The standard InChI is InChI=1S/C13H17N3/c1-10(12-6-4-3-5-7-12)15-11(2)13-8-9-14-16-13/h3-11,15H,1-2H3,(H,14,16)/t10-,11?/m1/s1. The SMILES string of the molecule is CC(N[C@H](C)c1ccccc1)c1ccn[nH]1. The van der Waals surface area contributed by atoms with Crippen molar-refractivity contribution in [2.75, 3.05) is 0 Å². The number of rotatable bonds is 4. The first-order chi connectivity index (χ1) is 7.77. The van der Waals surface area contributed by atoms with Crippen molar-refractivity contribution in [2.45, 2.75) is 25.9 Å². The van der Waals surface area contributed by atoms with Crippen LogP contribution in [0.4, 0.5) is 0 Å². The minimum atomic E-state index is 0.276. The van der Waals surface area contributed by atoms with Crippen molar-refractivity contribution >= 4 is 0 Å². The molecule has 0 radical (unpaired) electrons. The van der Waals surface area contributed by atoms with Crippen molar-refractivity contribution in [1.82, 2.24) is 15.5 Å². The smallest absolute Gasteiger partial charge is 0.0518 e. The van der Waals surface area contributed by atoms with Crippen LogP contribution >= 0.6 is 0 Å². The molecule has 0 fully saturated rings. The molecule has 0 saturated carbocycles. The van der Waals surface area contributed by atoms with Gasteiger partial charge in [-0.25, -0.2) is 0 Å². The van der Waals surface area contributed by atoms with Crippen LogP contribution in [0.5, 0.6) is 0 Å². The number of nitrogens with zero attached hydrogens (tertiary/aromatic N) is 1. The molecule has 2 N–H and O–H groups in total. The van der Waals surface area contributed by atoms with Gasteiger partial charge in [0.05, 0.1) is 5.69 Å². The van der Waals surface area contributed by atoms with Gasteiger partial charge in [0.2, 0.25) is 0 Å². The van der Waals surface area contributed by atoms with Gasteiger partial charge in [-0.1, -0.05) is 30.3 Å². The lowest BCUT2D eigenvalue weighted by molar-refractivity contribution is 0.486. The molecule has 3 nitrogen and oxygen atoms in total. The first-order valence-electron chi connectivity index (χ1n) is 5.57. The van der Waals surface area contributed by atoms with Crippen LogP contribution in [0.1, 0.15) is 37.2 Å². The summed E-state index contributed by atoms with van der Waals surface area (Å²) in [6.07, 6.45) is 1.78. The molecule has 0 bridgehead atoms. The fourth-order valence-corrected chi connectivity index (χ4v) is 1.81. The molecule has 2 atom stereocenters. The van der Waals surface area contributed by atoms with Crippen molar-refractivity contribution in [3.05, 3.63) is 53.9 Å². The van der Waals surface area contributed by atoms with Gasteiger partial charge < -0.3 is 5.32 Å². The number of H-pyrrole nitrogens is 1. The fraction of sp³-hybridized carbons (Fsp3) is 0.308. The van der Waals surface area contributed by atoms with Crippen LogP contribution < -0.4 is 5.32 Å². The molecule has 0 amide bonds. The summed E-state index contributed by atoms with van der Waals surface area (Å²) in [6, 6.07) is 13.0. The molecule has 0 spiro atoms. The van der Waals surface area contributed by atoms with Gasteiger partial charge in [0.1, 0.15) is 0 Å². The van der Waals surface area contributed by atoms with Gasteiger partial charge in [0.15, 0.2) is 0 Å². The van der Waals surface area contributed by atoms with Crippen LogP contribution in [0, 0.1) is 0 Å². The Balaban J connectivity index is 2.00. The van der Waals surface area contributed by atoms with E-state index in [2.05, 4.69) is 53.6 Å². The second kappa shape index (κ2) is 4.94. The third kappa shape index (κ3) is 2.49. The summed E-state index contributed by atoms with van der Waals surface area (Å²) in [5.74, 6) is 0. The number of aromatic amines is 1. The van der Waals surface area contributed by atoms with Gasteiger partial charge in [-0.15, -0.1) is 0 Å². The van der Waals surface area contributed by atoms with E-state index in [0.717, 1.165) is 5.69 Å². The van der Waals surface area contributed by atoms with Crippen molar-refractivity contribution in [3.8, 4) is 0 Å². The molecular formula is C13H17N3. The number of hydrogen-bond acceptors (Lipinski definition) is 2. The molecule has 0 aliphatic carbocycles. The Hall–Kier alpha value is -1.61. The lowest BCUT2D eigenvalue weighted by atomic mass is 10.1. The van der Waals surface area contributed by atoms with Gasteiger partial charge in [-0.3, -0.25) is 5.10 Å². The van der Waals surface area contributed by atoms with E-state index in [1.807, 2.05) is 12.1 Å². The highest BCUT2D eigenvalue weighted by atomic mass is 15.1. The second-order valence-electron chi connectivity index (χ2n) is 4.03. The minimum absolute atomic E-state index is 0.276. The highest BCUT2D eigenvalue weighted by molar-refractivity contribution is 5.18. The van der Waals surface area contributed by atoms with Crippen molar-refractivity contribution in [2.24, 2.45) is 0 Å². The molecule has 0 aliphatic rings. The molecule has 16 heavy (non-hydrogen) atoms. The molecule has 1 aromatic heterocycles. The molecule has 1 unspecified atom stereocenters. The normalized spacial score (nSPS) is 14.6. The van der Waals surface area contributed by atoms with Crippen LogP contribution in [0.15, 0.2) is 42.6 Å².